The number of rotatable bonds is 4. The first kappa shape index (κ1) is 13.9. The molecule has 110 valence electrons. The molecule has 0 spiro atoms. The molecule has 2 heterocycles. The van der Waals surface area contributed by atoms with E-state index in [1.54, 1.807) is 0 Å². The van der Waals surface area contributed by atoms with E-state index in [9.17, 15) is 0 Å². The van der Waals surface area contributed by atoms with Crippen molar-refractivity contribution >= 4 is 5.69 Å². The molecule has 0 saturated carbocycles. The predicted molar refractivity (Wildman–Crippen MR) is 85.3 cm³/mol. The van der Waals surface area contributed by atoms with Crippen molar-refractivity contribution < 1.29 is 0 Å². The van der Waals surface area contributed by atoms with E-state index in [0.29, 0.717) is 0 Å². The van der Waals surface area contributed by atoms with Crippen molar-refractivity contribution in [1.82, 2.24) is 9.80 Å². The number of likely N-dealkylation sites (tertiary alicyclic amines) is 1. The molecule has 2 fully saturated rings. The lowest BCUT2D eigenvalue weighted by Gasteiger charge is -2.25. The summed E-state index contributed by atoms with van der Waals surface area (Å²) in [4.78, 5) is 5.26. The van der Waals surface area contributed by atoms with Gasteiger partial charge >= 0.3 is 0 Å². The topological polar surface area (TPSA) is 18.5 Å². The van der Waals surface area contributed by atoms with Crippen molar-refractivity contribution in [3.05, 3.63) is 29.8 Å². The van der Waals surface area contributed by atoms with Gasteiger partial charge in [0.15, 0.2) is 0 Å². The van der Waals surface area contributed by atoms with Crippen LogP contribution >= 0.6 is 0 Å². The van der Waals surface area contributed by atoms with Crippen LogP contribution in [0.25, 0.3) is 0 Å². The number of hydrogen-bond acceptors (Lipinski definition) is 3. The van der Waals surface area contributed by atoms with Gasteiger partial charge in [-0.15, -0.1) is 0 Å². The number of aryl methyl sites for hydroxylation is 1. The summed E-state index contributed by atoms with van der Waals surface area (Å²) in [7, 11) is 2.32. The van der Waals surface area contributed by atoms with Gasteiger partial charge in [-0.05, 0) is 51.9 Å². The van der Waals surface area contributed by atoms with Crippen molar-refractivity contribution in [3.63, 3.8) is 0 Å². The van der Waals surface area contributed by atoms with E-state index < -0.39 is 0 Å². The van der Waals surface area contributed by atoms with E-state index in [2.05, 4.69) is 53.4 Å². The average molecular weight is 273 g/mol. The smallest absolute Gasteiger partial charge is 0.0340 e. The fourth-order valence-corrected chi connectivity index (χ4v) is 3.61. The monoisotopic (exact) mass is 273 g/mol. The van der Waals surface area contributed by atoms with Gasteiger partial charge in [-0.25, -0.2) is 0 Å². The third kappa shape index (κ3) is 3.15. The van der Waals surface area contributed by atoms with Crippen LogP contribution in [-0.4, -0.2) is 55.1 Å². The van der Waals surface area contributed by atoms with Gasteiger partial charge in [-0.1, -0.05) is 17.7 Å². The molecular formula is C17H27N3. The Hall–Kier alpha value is -1.06. The minimum absolute atomic E-state index is 0.793. The lowest BCUT2D eigenvalue weighted by molar-refractivity contribution is 0.223. The van der Waals surface area contributed by atoms with E-state index in [1.165, 1.54) is 43.6 Å². The number of likely N-dealkylation sites (N-methyl/N-ethyl adjacent to an activating group) is 1. The molecule has 2 atom stereocenters. The normalized spacial score (nSPS) is 27.5. The molecule has 2 unspecified atom stereocenters. The first-order valence-corrected chi connectivity index (χ1v) is 7.97. The molecule has 2 aliphatic rings. The highest BCUT2D eigenvalue weighted by molar-refractivity contribution is 5.44. The second-order valence-electron chi connectivity index (χ2n) is 6.43. The van der Waals surface area contributed by atoms with Crippen LogP contribution in [0, 0.1) is 6.92 Å². The lowest BCUT2D eigenvalue weighted by atomic mass is 10.1. The van der Waals surface area contributed by atoms with Crippen molar-refractivity contribution in [3.8, 4) is 0 Å². The third-order valence-electron chi connectivity index (χ3n) is 5.04. The van der Waals surface area contributed by atoms with Crippen LogP contribution < -0.4 is 5.32 Å². The quantitative estimate of drug-likeness (QED) is 0.909. The predicted octanol–water partition coefficient (Wildman–Crippen LogP) is 2.58. The number of benzene rings is 1. The minimum atomic E-state index is 0.793. The van der Waals surface area contributed by atoms with Gasteiger partial charge in [0, 0.05) is 37.4 Å². The molecule has 20 heavy (non-hydrogen) atoms. The highest BCUT2D eigenvalue weighted by Crippen LogP contribution is 2.28. The second-order valence-corrected chi connectivity index (χ2v) is 6.43. The van der Waals surface area contributed by atoms with Gasteiger partial charge < -0.3 is 5.32 Å². The number of anilines is 1. The zero-order chi connectivity index (χ0) is 13.9. The molecule has 3 heteroatoms. The Labute approximate surface area is 123 Å². The standard InChI is InChI=1S/C17H27N3/c1-14-3-5-15(6-4-14)18-10-12-20-11-9-16-7-8-17(13-20)19(16)2/h3-6,16-18H,7-13H2,1-2H3. The molecule has 1 aromatic rings. The van der Waals surface area contributed by atoms with Gasteiger partial charge in [-0.3, -0.25) is 9.80 Å². The van der Waals surface area contributed by atoms with E-state index in [1.807, 2.05) is 0 Å². The van der Waals surface area contributed by atoms with Crippen molar-refractivity contribution in [2.75, 3.05) is 38.5 Å². The minimum Gasteiger partial charge on any atom is -0.384 e. The van der Waals surface area contributed by atoms with Gasteiger partial charge in [0.2, 0.25) is 0 Å². The fourth-order valence-electron chi connectivity index (χ4n) is 3.61. The summed E-state index contributed by atoms with van der Waals surface area (Å²) >= 11 is 0. The van der Waals surface area contributed by atoms with Gasteiger partial charge in [0.05, 0.1) is 0 Å². The van der Waals surface area contributed by atoms with Crippen molar-refractivity contribution in [1.29, 1.82) is 0 Å². The maximum atomic E-state index is 3.54. The Bertz CT molecular complexity index is 428. The summed E-state index contributed by atoms with van der Waals surface area (Å²) < 4.78 is 0. The van der Waals surface area contributed by atoms with Crippen LogP contribution in [-0.2, 0) is 0 Å². The number of hydrogen-bond donors (Lipinski definition) is 1. The van der Waals surface area contributed by atoms with Crippen LogP contribution in [0.5, 0.6) is 0 Å². The molecule has 3 nitrogen and oxygen atoms in total. The summed E-state index contributed by atoms with van der Waals surface area (Å²) in [5, 5.41) is 3.54. The molecule has 2 bridgehead atoms. The fraction of sp³-hybridized carbons (Fsp3) is 0.647. The van der Waals surface area contributed by atoms with E-state index in [-0.39, 0.29) is 0 Å². The Morgan fingerprint density at radius 3 is 2.65 bits per heavy atom. The number of nitrogens with zero attached hydrogens (tertiary/aromatic N) is 2. The Morgan fingerprint density at radius 1 is 1.10 bits per heavy atom. The molecule has 0 radical (unpaired) electrons. The van der Waals surface area contributed by atoms with Crippen molar-refractivity contribution in [2.24, 2.45) is 0 Å². The van der Waals surface area contributed by atoms with Crippen LogP contribution in [0.1, 0.15) is 24.8 Å². The van der Waals surface area contributed by atoms with Crippen LogP contribution in [0.2, 0.25) is 0 Å². The summed E-state index contributed by atoms with van der Waals surface area (Å²) in [5.41, 5.74) is 2.56. The molecule has 2 aliphatic heterocycles. The number of nitrogens with one attached hydrogen (secondary N) is 1. The summed E-state index contributed by atoms with van der Waals surface area (Å²) in [6, 6.07) is 10.3. The maximum absolute atomic E-state index is 3.54. The average Bonchev–Trinajstić information content (AvgIpc) is 2.68. The van der Waals surface area contributed by atoms with E-state index in [4.69, 9.17) is 0 Å². The molecule has 0 amide bonds. The van der Waals surface area contributed by atoms with Crippen LogP contribution in [0.3, 0.4) is 0 Å². The molecule has 1 N–H and O–H groups in total. The van der Waals surface area contributed by atoms with E-state index in [0.717, 1.165) is 25.2 Å². The Kier molecular flexibility index (Phi) is 4.27. The molecule has 1 aromatic carbocycles. The number of fused-ring (bicyclic) bond motifs is 2. The van der Waals surface area contributed by atoms with Gasteiger partial charge in [-0.2, -0.15) is 0 Å². The summed E-state index contributed by atoms with van der Waals surface area (Å²) in [6.45, 7) is 6.85. The van der Waals surface area contributed by atoms with Crippen molar-refractivity contribution in [2.45, 2.75) is 38.3 Å². The SMILES string of the molecule is Cc1ccc(NCCN2CCC3CCC(C2)N3C)cc1. The highest BCUT2D eigenvalue weighted by atomic mass is 15.3. The van der Waals surface area contributed by atoms with Gasteiger partial charge in [0.25, 0.3) is 0 Å². The van der Waals surface area contributed by atoms with Gasteiger partial charge in [0.1, 0.15) is 0 Å². The summed E-state index contributed by atoms with van der Waals surface area (Å²) in [6.07, 6.45) is 4.15. The zero-order valence-corrected chi connectivity index (χ0v) is 12.8. The Morgan fingerprint density at radius 2 is 1.85 bits per heavy atom. The molecular weight excluding hydrogens is 246 g/mol. The lowest BCUT2D eigenvalue weighted by Crippen LogP contribution is -2.38. The molecule has 0 aliphatic carbocycles. The summed E-state index contributed by atoms with van der Waals surface area (Å²) in [5.74, 6) is 0. The highest BCUT2D eigenvalue weighted by Gasteiger charge is 2.34. The molecule has 3 rings (SSSR count). The van der Waals surface area contributed by atoms with E-state index >= 15 is 0 Å². The zero-order valence-electron chi connectivity index (χ0n) is 12.8. The second kappa shape index (κ2) is 6.15. The third-order valence-corrected chi connectivity index (χ3v) is 5.04. The first-order valence-electron chi connectivity index (χ1n) is 7.97. The van der Waals surface area contributed by atoms with Crippen LogP contribution in [0.4, 0.5) is 5.69 Å². The first-order chi connectivity index (χ1) is 9.72. The molecule has 0 aromatic heterocycles. The van der Waals surface area contributed by atoms with Crippen LogP contribution in [0.15, 0.2) is 24.3 Å². The largest absolute Gasteiger partial charge is 0.384 e. The maximum Gasteiger partial charge on any atom is 0.0340 e. The molecule has 2 saturated heterocycles. The Balaban J connectivity index is 1.46.